The van der Waals surface area contributed by atoms with Gasteiger partial charge in [0.1, 0.15) is 0 Å². The van der Waals surface area contributed by atoms with Crippen LogP contribution in [0, 0.1) is 12.3 Å². The molecule has 2 saturated carbocycles. The highest BCUT2D eigenvalue weighted by atomic mass is 16.4. The minimum atomic E-state index is -0.847. The molecule has 1 aromatic rings. The van der Waals surface area contributed by atoms with E-state index in [-0.39, 0.29) is 11.3 Å². The van der Waals surface area contributed by atoms with Gasteiger partial charge in [-0.2, -0.15) is 0 Å². The standard InChI is InChI=1S/C18H20O3/c1-10-4-3-5-12-13-6-7-18(21)9-17(13,8-11(18)2)15(14(10)12)16(19)20/h3-5,13,15,21H,2,6-9H2,1H3,(H,19,20)/t13?,15-,17+,18+/m1/s1. The second-order valence-corrected chi connectivity index (χ2v) is 7.16. The first-order valence-corrected chi connectivity index (χ1v) is 7.62. The van der Waals surface area contributed by atoms with E-state index in [0.717, 1.165) is 23.1 Å². The second-order valence-electron chi connectivity index (χ2n) is 7.16. The van der Waals surface area contributed by atoms with Crippen molar-refractivity contribution < 1.29 is 15.0 Å². The number of benzene rings is 1. The van der Waals surface area contributed by atoms with Crippen LogP contribution >= 0.6 is 0 Å². The molecule has 0 saturated heterocycles. The first-order valence-electron chi connectivity index (χ1n) is 7.62. The molecule has 3 heteroatoms. The van der Waals surface area contributed by atoms with Crippen LogP contribution in [0.5, 0.6) is 0 Å². The second kappa shape index (κ2) is 3.77. The number of aliphatic hydroxyl groups is 1. The molecule has 1 aromatic carbocycles. The van der Waals surface area contributed by atoms with Crippen molar-refractivity contribution in [2.24, 2.45) is 5.41 Å². The maximum Gasteiger partial charge on any atom is 0.311 e. The van der Waals surface area contributed by atoms with Crippen LogP contribution in [0.3, 0.4) is 0 Å². The fraction of sp³-hybridized carbons (Fsp3) is 0.500. The Hall–Kier alpha value is -1.61. The van der Waals surface area contributed by atoms with Crippen molar-refractivity contribution in [2.45, 2.75) is 50.0 Å². The van der Waals surface area contributed by atoms with Crippen molar-refractivity contribution in [3.8, 4) is 0 Å². The van der Waals surface area contributed by atoms with Crippen LogP contribution in [0.25, 0.3) is 0 Å². The van der Waals surface area contributed by atoms with Crippen molar-refractivity contribution in [3.63, 3.8) is 0 Å². The molecule has 1 unspecified atom stereocenters. The van der Waals surface area contributed by atoms with Gasteiger partial charge >= 0.3 is 5.97 Å². The van der Waals surface area contributed by atoms with E-state index in [1.54, 1.807) is 0 Å². The Morgan fingerprint density at radius 1 is 1.43 bits per heavy atom. The van der Waals surface area contributed by atoms with E-state index >= 15 is 0 Å². The third-order valence-electron chi connectivity index (χ3n) is 6.21. The number of rotatable bonds is 1. The third kappa shape index (κ3) is 1.40. The quantitative estimate of drug-likeness (QED) is 0.779. The molecule has 1 spiro atoms. The average Bonchev–Trinajstić information content (AvgIpc) is 2.79. The summed E-state index contributed by atoms with van der Waals surface area (Å²) in [6.45, 7) is 6.06. The molecule has 3 aliphatic carbocycles. The zero-order valence-corrected chi connectivity index (χ0v) is 12.2. The number of aryl methyl sites for hydroxylation is 1. The smallest absolute Gasteiger partial charge is 0.311 e. The molecular formula is C18H20O3. The summed E-state index contributed by atoms with van der Waals surface area (Å²) in [5.41, 5.74) is 2.87. The van der Waals surface area contributed by atoms with Gasteiger partial charge in [0.25, 0.3) is 0 Å². The molecule has 110 valence electrons. The van der Waals surface area contributed by atoms with Crippen LogP contribution in [0.15, 0.2) is 30.4 Å². The minimum Gasteiger partial charge on any atom is -0.481 e. The summed E-state index contributed by atoms with van der Waals surface area (Å²) < 4.78 is 0. The average molecular weight is 284 g/mol. The first kappa shape index (κ1) is 13.1. The van der Waals surface area contributed by atoms with E-state index < -0.39 is 17.5 Å². The predicted octanol–water partition coefficient (Wildman–Crippen LogP) is 3.12. The van der Waals surface area contributed by atoms with Gasteiger partial charge in [-0.15, -0.1) is 0 Å². The van der Waals surface area contributed by atoms with Crippen molar-refractivity contribution in [1.29, 1.82) is 0 Å². The lowest BCUT2D eigenvalue weighted by Crippen LogP contribution is -2.39. The highest BCUT2D eigenvalue weighted by Crippen LogP contribution is 2.71. The third-order valence-corrected chi connectivity index (χ3v) is 6.21. The molecule has 0 aromatic heterocycles. The molecule has 0 radical (unpaired) electrons. The number of aliphatic carboxylic acids is 1. The molecular weight excluding hydrogens is 264 g/mol. The molecule has 21 heavy (non-hydrogen) atoms. The van der Waals surface area contributed by atoms with Gasteiger partial charge in [0.05, 0.1) is 11.5 Å². The Bertz CT molecular complexity index is 677. The normalized spacial score (nSPS) is 40.0. The summed E-state index contributed by atoms with van der Waals surface area (Å²) in [4.78, 5) is 12.1. The number of hydrogen-bond donors (Lipinski definition) is 2. The zero-order valence-electron chi connectivity index (χ0n) is 12.2. The largest absolute Gasteiger partial charge is 0.481 e. The van der Waals surface area contributed by atoms with E-state index in [4.69, 9.17) is 0 Å². The lowest BCUT2D eigenvalue weighted by Gasteiger charge is -2.41. The first-order chi connectivity index (χ1) is 9.89. The van der Waals surface area contributed by atoms with Crippen LogP contribution in [0.1, 0.15) is 54.2 Å². The predicted molar refractivity (Wildman–Crippen MR) is 79.3 cm³/mol. The van der Waals surface area contributed by atoms with Gasteiger partial charge in [0.15, 0.2) is 0 Å². The van der Waals surface area contributed by atoms with Crippen molar-refractivity contribution in [1.82, 2.24) is 0 Å². The highest BCUT2D eigenvalue weighted by Gasteiger charge is 2.66. The molecule has 4 atom stereocenters. The van der Waals surface area contributed by atoms with Crippen molar-refractivity contribution >= 4 is 5.97 Å². The molecule has 2 fully saturated rings. The lowest BCUT2D eigenvalue weighted by molar-refractivity contribution is -0.143. The van der Waals surface area contributed by atoms with E-state index in [0.29, 0.717) is 19.3 Å². The number of carboxylic acid groups (broad SMARTS) is 1. The molecule has 0 aliphatic heterocycles. The maximum absolute atomic E-state index is 12.1. The Morgan fingerprint density at radius 2 is 2.19 bits per heavy atom. The van der Waals surface area contributed by atoms with Gasteiger partial charge in [-0.3, -0.25) is 4.79 Å². The van der Waals surface area contributed by atoms with Crippen molar-refractivity contribution in [2.75, 3.05) is 0 Å². The Morgan fingerprint density at radius 3 is 2.90 bits per heavy atom. The topological polar surface area (TPSA) is 57.5 Å². The van der Waals surface area contributed by atoms with E-state index in [2.05, 4.69) is 12.6 Å². The molecule has 2 bridgehead atoms. The summed E-state index contributed by atoms with van der Waals surface area (Å²) in [6, 6.07) is 6.11. The van der Waals surface area contributed by atoms with Gasteiger partial charge in [-0.05, 0) is 60.8 Å². The Kier molecular flexibility index (Phi) is 2.35. The maximum atomic E-state index is 12.1. The van der Waals surface area contributed by atoms with Crippen LogP contribution in [0.4, 0.5) is 0 Å². The molecule has 3 nitrogen and oxygen atoms in total. The van der Waals surface area contributed by atoms with E-state index in [1.165, 1.54) is 5.56 Å². The number of carboxylic acids is 1. The number of fused-ring (bicyclic) bond motifs is 3. The minimum absolute atomic E-state index is 0.244. The SMILES string of the molecule is C=C1C[C@]23C[C@@]1(O)CCC2c1cccc(C)c1[C@@H]3C(=O)O. The monoisotopic (exact) mass is 284 g/mol. The fourth-order valence-electron chi connectivity index (χ4n) is 5.40. The molecule has 4 rings (SSSR count). The van der Waals surface area contributed by atoms with Crippen molar-refractivity contribution in [3.05, 3.63) is 47.0 Å². The molecule has 2 N–H and O–H groups in total. The summed E-state index contributed by atoms with van der Waals surface area (Å²) in [5.74, 6) is -1.02. The van der Waals surface area contributed by atoms with Gasteiger partial charge in [0, 0.05) is 5.41 Å². The summed E-state index contributed by atoms with van der Waals surface area (Å²) >= 11 is 0. The number of hydrogen-bond acceptors (Lipinski definition) is 2. The fourth-order valence-corrected chi connectivity index (χ4v) is 5.40. The summed E-state index contributed by atoms with van der Waals surface area (Å²) in [7, 11) is 0. The van der Waals surface area contributed by atoms with Crippen LogP contribution in [-0.2, 0) is 4.79 Å². The molecule has 0 heterocycles. The van der Waals surface area contributed by atoms with Gasteiger partial charge < -0.3 is 10.2 Å². The number of carbonyl (C=O) groups is 1. The van der Waals surface area contributed by atoms with E-state index in [1.807, 2.05) is 19.1 Å². The van der Waals surface area contributed by atoms with Gasteiger partial charge in [-0.25, -0.2) is 0 Å². The van der Waals surface area contributed by atoms with Crippen LogP contribution < -0.4 is 0 Å². The van der Waals surface area contributed by atoms with Crippen LogP contribution in [0.2, 0.25) is 0 Å². The molecule has 3 aliphatic rings. The highest BCUT2D eigenvalue weighted by molar-refractivity contribution is 5.81. The summed E-state index contributed by atoms with van der Waals surface area (Å²) in [5, 5.41) is 20.7. The molecule has 0 amide bonds. The van der Waals surface area contributed by atoms with Crippen LogP contribution in [-0.4, -0.2) is 21.8 Å². The zero-order chi connectivity index (χ0) is 15.0. The van der Waals surface area contributed by atoms with E-state index in [9.17, 15) is 15.0 Å². The Labute approximate surface area is 124 Å². The van der Waals surface area contributed by atoms with Gasteiger partial charge in [0.2, 0.25) is 0 Å². The lowest BCUT2D eigenvalue weighted by atomic mass is 9.63. The Balaban J connectivity index is 1.98. The van der Waals surface area contributed by atoms with Gasteiger partial charge in [-0.1, -0.05) is 24.8 Å². The summed E-state index contributed by atoms with van der Waals surface area (Å²) in [6.07, 6.45) is 2.75.